The molecule has 0 spiro atoms. The topological polar surface area (TPSA) is 3.24 Å². The summed E-state index contributed by atoms with van der Waals surface area (Å²) in [5.41, 5.74) is 3.38. The maximum Gasteiger partial charge on any atom is 0.0418 e. The second-order valence-corrected chi connectivity index (χ2v) is 7.08. The minimum absolute atomic E-state index is 0.594. The SMILES string of the molecule is CCC1(CC)CCN(c2cc(Br)ccc2CBr)CC1. The highest BCUT2D eigenvalue weighted by Crippen LogP contribution is 2.40. The van der Waals surface area contributed by atoms with Gasteiger partial charge >= 0.3 is 0 Å². The molecule has 0 unspecified atom stereocenters. The summed E-state index contributed by atoms with van der Waals surface area (Å²) in [6, 6.07) is 6.61. The number of piperidine rings is 1. The van der Waals surface area contributed by atoms with E-state index in [0.29, 0.717) is 5.41 Å². The van der Waals surface area contributed by atoms with Crippen LogP contribution in [0.4, 0.5) is 5.69 Å². The van der Waals surface area contributed by atoms with E-state index < -0.39 is 0 Å². The molecule has 0 aromatic heterocycles. The van der Waals surface area contributed by atoms with Crippen LogP contribution in [-0.4, -0.2) is 13.1 Å². The van der Waals surface area contributed by atoms with E-state index in [1.54, 1.807) is 0 Å². The van der Waals surface area contributed by atoms with Gasteiger partial charge in [-0.2, -0.15) is 0 Å². The zero-order valence-corrected chi connectivity index (χ0v) is 15.1. The predicted octanol–water partition coefficient (Wildman–Crippen LogP) is 5.75. The van der Waals surface area contributed by atoms with Gasteiger partial charge in [0, 0.05) is 28.6 Å². The molecule has 1 aromatic rings. The van der Waals surface area contributed by atoms with Crippen LogP contribution >= 0.6 is 31.9 Å². The average Bonchev–Trinajstić information content (AvgIpc) is 2.47. The lowest BCUT2D eigenvalue weighted by Gasteiger charge is -2.42. The molecule has 1 saturated heterocycles. The molecule has 1 heterocycles. The first-order valence-corrected chi connectivity index (χ1v) is 9.15. The molecule has 0 aliphatic carbocycles. The number of alkyl halides is 1. The lowest BCUT2D eigenvalue weighted by molar-refractivity contribution is 0.199. The Balaban J connectivity index is 2.15. The molecule has 1 fully saturated rings. The van der Waals surface area contributed by atoms with Crippen LogP contribution in [0, 0.1) is 5.41 Å². The molecule has 0 saturated carbocycles. The first kappa shape index (κ1) is 15.4. The second kappa shape index (κ2) is 6.62. The Labute approximate surface area is 134 Å². The summed E-state index contributed by atoms with van der Waals surface area (Å²) in [4.78, 5) is 2.56. The van der Waals surface area contributed by atoms with Gasteiger partial charge in [-0.05, 0) is 36.0 Å². The summed E-state index contributed by atoms with van der Waals surface area (Å²) in [5.74, 6) is 0. The molecule has 1 aliphatic rings. The molecule has 2 rings (SSSR count). The fraction of sp³-hybridized carbons (Fsp3) is 0.625. The van der Waals surface area contributed by atoms with E-state index in [1.807, 2.05) is 0 Å². The molecular weight excluding hydrogens is 366 g/mol. The van der Waals surface area contributed by atoms with Crippen LogP contribution in [0.2, 0.25) is 0 Å². The number of halogens is 2. The van der Waals surface area contributed by atoms with Crippen molar-refractivity contribution in [3.8, 4) is 0 Å². The standard InChI is InChI=1S/C16H23Br2N/c1-3-16(4-2)7-9-19(10-8-16)15-11-14(18)6-5-13(15)12-17/h5-6,11H,3-4,7-10,12H2,1-2H3. The van der Waals surface area contributed by atoms with Crippen molar-refractivity contribution in [3.05, 3.63) is 28.2 Å². The maximum atomic E-state index is 3.61. The Kier molecular flexibility index (Phi) is 5.36. The molecule has 19 heavy (non-hydrogen) atoms. The number of hydrogen-bond acceptors (Lipinski definition) is 1. The number of anilines is 1. The van der Waals surface area contributed by atoms with Crippen molar-refractivity contribution < 1.29 is 0 Å². The lowest BCUT2D eigenvalue weighted by atomic mass is 9.74. The van der Waals surface area contributed by atoms with Crippen LogP contribution in [0.3, 0.4) is 0 Å². The number of rotatable bonds is 4. The Morgan fingerprint density at radius 2 is 1.79 bits per heavy atom. The van der Waals surface area contributed by atoms with Crippen LogP contribution in [0.15, 0.2) is 22.7 Å². The molecule has 0 atom stereocenters. The monoisotopic (exact) mass is 387 g/mol. The number of nitrogens with zero attached hydrogens (tertiary/aromatic N) is 1. The van der Waals surface area contributed by atoms with E-state index in [0.717, 1.165) is 5.33 Å². The normalized spacial score (nSPS) is 18.6. The van der Waals surface area contributed by atoms with Gasteiger partial charge in [-0.15, -0.1) is 0 Å². The van der Waals surface area contributed by atoms with Crippen molar-refractivity contribution in [2.45, 2.75) is 44.9 Å². The molecule has 1 nitrogen and oxygen atoms in total. The third-order valence-corrected chi connectivity index (χ3v) is 5.95. The molecule has 106 valence electrons. The minimum Gasteiger partial charge on any atom is -0.371 e. The predicted molar refractivity (Wildman–Crippen MR) is 91.2 cm³/mol. The molecule has 0 bridgehead atoms. The smallest absolute Gasteiger partial charge is 0.0418 e. The fourth-order valence-electron chi connectivity index (χ4n) is 3.12. The molecular formula is C16H23Br2N. The molecule has 1 aliphatic heterocycles. The van der Waals surface area contributed by atoms with Crippen molar-refractivity contribution in [2.24, 2.45) is 5.41 Å². The van der Waals surface area contributed by atoms with Crippen LogP contribution in [0.1, 0.15) is 45.1 Å². The van der Waals surface area contributed by atoms with E-state index in [2.05, 4.69) is 68.8 Å². The van der Waals surface area contributed by atoms with Crippen molar-refractivity contribution >= 4 is 37.5 Å². The van der Waals surface area contributed by atoms with Gasteiger partial charge in [0.25, 0.3) is 0 Å². The average molecular weight is 389 g/mol. The first-order valence-electron chi connectivity index (χ1n) is 7.23. The summed E-state index contributed by atoms with van der Waals surface area (Å²) >= 11 is 7.21. The van der Waals surface area contributed by atoms with Crippen LogP contribution < -0.4 is 4.90 Å². The largest absolute Gasteiger partial charge is 0.371 e. The quantitative estimate of drug-likeness (QED) is 0.593. The van der Waals surface area contributed by atoms with Crippen LogP contribution in [-0.2, 0) is 5.33 Å². The fourth-order valence-corrected chi connectivity index (χ4v) is 3.95. The summed E-state index contributed by atoms with van der Waals surface area (Å²) in [5, 5.41) is 0.929. The van der Waals surface area contributed by atoms with Gasteiger partial charge in [0.05, 0.1) is 0 Å². The second-order valence-electron chi connectivity index (χ2n) is 5.60. The van der Waals surface area contributed by atoms with E-state index >= 15 is 0 Å². The van der Waals surface area contributed by atoms with Gasteiger partial charge in [0.15, 0.2) is 0 Å². The lowest BCUT2D eigenvalue weighted by Crippen LogP contribution is -2.40. The Morgan fingerprint density at radius 1 is 1.16 bits per heavy atom. The van der Waals surface area contributed by atoms with Crippen molar-refractivity contribution in [1.82, 2.24) is 0 Å². The molecule has 0 N–H and O–H groups in total. The van der Waals surface area contributed by atoms with Gasteiger partial charge < -0.3 is 4.90 Å². The van der Waals surface area contributed by atoms with Crippen LogP contribution in [0.5, 0.6) is 0 Å². The number of benzene rings is 1. The molecule has 0 amide bonds. The Bertz CT molecular complexity index is 417. The van der Waals surface area contributed by atoms with Gasteiger partial charge in [-0.1, -0.05) is 64.6 Å². The zero-order valence-electron chi connectivity index (χ0n) is 11.9. The molecule has 3 heteroatoms. The summed E-state index contributed by atoms with van der Waals surface area (Å²) in [6.07, 6.45) is 5.30. The van der Waals surface area contributed by atoms with E-state index in [1.165, 1.54) is 54.5 Å². The number of hydrogen-bond donors (Lipinski definition) is 0. The van der Waals surface area contributed by atoms with Gasteiger partial charge in [0.1, 0.15) is 0 Å². The summed E-state index contributed by atoms with van der Waals surface area (Å²) < 4.78 is 1.18. The highest BCUT2D eigenvalue weighted by Gasteiger charge is 2.31. The Hall–Kier alpha value is -0.0200. The highest BCUT2D eigenvalue weighted by molar-refractivity contribution is 9.10. The third kappa shape index (κ3) is 3.36. The maximum absolute atomic E-state index is 3.61. The molecule has 0 radical (unpaired) electrons. The van der Waals surface area contributed by atoms with Gasteiger partial charge in [-0.25, -0.2) is 0 Å². The zero-order chi connectivity index (χ0) is 13.9. The van der Waals surface area contributed by atoms with Crippen molar-refractivity contribution in [1.29, 1.82) is 0 Å². The van der Waals surface area contributed by atoms with E-state index in [9.17, 15) is 0 Å². The highest BCUT2D eigenvalue weighted by atomic mass is 79.9. The van der Waals surface area contributed by atoms with Gasteiger partial charge in [0.2, 0.25) is 0 Å². The van der Waals surface area contributed by atoms with Crippen molar-refractivity contribution in [2.75, 3.05) is 18.0 Å². The minimum atomic E-state index is 0.594. The van der Waals surface area contributed by atoms with Crippen molar-refractivity contribution in [3.63, 3.8) is 0 Å². The molecule has 1 aromatic carbocycles. The third-order valence-electron chi connectivity index (χ3n) is 4.86. The van der Waals surface area contributed by atoms with Crippen LogP contribution in [0.25, 0.3) is 0 Å². The van der Waals surface area contributed by atoms with Gasteiger partial charge in [-0.3, -0.25) is 0 Å². The van der Waals surface area contributed by atoms with E-state index in [4.69, 9.17) is 0 Å². The first-order chi connectivity index (χ1) is 9.14. The van der Waals surface area contributed by atoms with E-state index in [-0.39, 0.29) is 0 Å². The summed E-state index contributed by atoms with van der Waals surface area (Å²) in [6.45, 7) is 7.08. The summed E-state index contributed by atoms with van der Waals surface area (Å²) in [7, 11) is 0. The Morgan fingerprint density at radius 3 is 2.32 bits per heavy atom.